The maximum Gasteiger partial charge on any atom is 0.234 e. The van der Waals surface area contributed by atoms with Crippen LogP contribution in [0.25, 0.3) is 11.3 Å². The quantitative estimate of drug-likeness (QED) is 0.599. The van der Waals surface area contributed by atoms with Crippen LogP contribution in [0, 0.1) is 6.92 Å². The van der Waals surface area contributed by atoms with E-state index in [1.54, 1.807) is 0 Å². The molecule has 0 unspecified atom stereocenters. The van der Waals surface area contributed by atoms with Crippen LogP contribution in [0.1, 0.15) is 5.69 Å². The number of nitrogens with one attached hydrogen (secondary N) is 2. The van der Waals surface area contributed by atoms with Gasteiger partial charge in [-0.05, 0) is 31.2 Å². The van der Waals surface area contributed by atoms with Gasteiger partial charge in [0.05, 0.1) is 11.4 Å². The molecular weight excluding hydrogens is 386 g/mol. The number of amides is 1. The number of carbonyl (C=O) groups excluding carboxylic acids is 1. The van der Waals surface area contributed by atoms with Crippen molar-refractivity contribution >= 4 is 39.3 Å². The van der Waals surface area contributed by atoms with E-state index in [-0.39, 0.29) is 5.91 Å². The predicted octanol–water partition coefficient (Wildman–Crippen LogP) is 4.88. The van der Waals surface area contributed by atoms with E-state index in [0.717, 1.165) is 32.3 Å². The Hall–Kier alpha value is -2.05. The molecule has 6 heteroatoms. The first kappa shape index (κ1) is 16.8. The average Bonchev–Trinajstić information content (AvgIpc) is 2.97. The summed E-state index contributed by atoms with van der Waals surface area (Å²) in [4.78, 5) is 19.9. The van der Waals surface area contributed by atoms with Crippen LogP contribution in [0.4, 0.5) is 5.69 Å². The lowest BCUT2D eigenvalue weighted by Crippen LogP contribution is -2.13. The van der Waals surface area contributed by atoms with Crippen molar-refractivity contribution in [1.29, 1.82) is 0 Å². The summed E-state index contributed by atoms with van der Waals surface area (Å²) in [6.45, 7) is 1.99. The maximum absolute atomic E-state index is 12.0. The second kappa shape index (κ2) is 7.68. The largest absolute Gasteiger partial charge is 0.337 e. The molecule has 3 rings (SSSR count). The second-order valence-corrected chi connectivity index (χ2v) is 7.11. The van der Waals surface area contributed by atoms with Gasteiger partial charge in [0.15, 0.2) is 5.16 Å². The summed E-state index contributed by atoms with van der Waals surface area (Å²) in [5, 5.41) is 3.62. The van der Waals surface area contributed by atoms with Crippen LogP contribution in [-0.2, 0) is 4.79 Å². The lowest BCUT2D eigenvalue weighted by Gasteiger charge is -2.04. The van der Waals surface area contributed by atoms with Gasteiger partial charge in [0.1, 0.15) is 0 Å². The fourth-order valence-corrected chi connectivity index (χ4v) is 3.23. The zero-order valence-corrected chi connectivity index (χ0v) is 15.4. The first-order valence-corrected chi connectivity index (χ1v) is 9.20. The highest BCUT2D eigenvalue weighted by atomic mass is 79.9. The molecule has 0 fully saturated rings. The molecular formula is C18H16BrN3OS. The summed E-state index contributed by atoms with van der Waals surface area (Å²) in [6, 6.07) is 17.5. The van der Waals surface area contributed by atoms with E-state index in [1.165, 1.54) is 11.8 Å². The summed E-state index contributed by atoms with van der Waals surface area (Å²) in [5.41, 5.74) is 3.77. The van der Waals surface area contributed by atoms with E-state index in [0.29, 0.717) is 5.75 Å². The van der Waals surface area contributed by atoms with Crippen LogP contribution < -0.4 is 5.32 Å². The normalized spacial score (nSPS) is 10.6. The van der Waals surface area contributed by atoms with Crippen molar-refractivity contribution in [3.8, 4) is 11.3 Å². The number of aromatic amines is 1. The van der Waals surface area contributed by atoms with E-state index in [1.807, 2.05) is 61.5 Å². The third kappa shape index (κ3) is 4.27. The summed E-state index contributed by atoms with van der Waals surface area (Å²) < 4.78 is 0.981. The van der Waals surface area contributed by atoms with Gasteiger partial charge >= 0.3 is 0 Å². The highest BCUT2D eigenvalue weighted by Gasteiger charge is 2.11. The summed E-state index contributed by atoms with van der Waals surface area (Å²) in [5.74, 6) is 0.245. The van der Waals surface area contributed by atoms with Crippen LogP contribution in [0.15, 0.2) is 64.2 Å². The summed E-state index contributed by atoms with van der Waals surface area (Å²) in [7, 11) is 0. The fourth-order valence-electron chi connectivity index (χ4n) is 2.24. The molecule has 4 nitrogen and oxygen atoms in total. The van der Waals surface area contributed by atoms with Crippen molar-refractivity contribution in [2.45, 2.75) is 12.1 Å². The second-order valence-electron chi connectivity index (χ2n) is 5.23. The molecule has 0 spiro atoms. The number of imidazole rings is 1. The minimum atomic E-state index is -0.0577. The molecule has 0 aliphatic rings. The molecule has 2 N–H and O–H groups in total. The van der Waals surface area contributed by atoms with Crippen molar-refractivity contribution < 1.29 is 4.79 Å². The van der Waals surface area contributed by atoms with Gasteiger partial charge in [-0.2, -0.15) is 0 Å². The number of nitrogens with zero attached hydrogens (tertiary/aromatic N) is 1. The van der Waals surface area contributed by atoms with Gasteiger partial charge in [-0.25, -0.2) is 4.98 Å². The highest BCUT2D eigenvalue weighted by molar-refractivity contribution is 9.10. The Morgan fingerprint density at radius 2 is 1.88 bits per heavy atom. The third-order valence-electron chi connectivity index (χ3n) is 3.38. The molecule has 24 heavy (non-hydrogen) atoms. The van der Waals surface area contributed by atoms with Gasteiger partial charge in [0.2, 0.25) is 5.91 Å². The number of aryl methyl sites for hydroxylation is 1. The van der Waals surface area contributed by atoms with Crippen LogP contribution in [0.5, 0.6) is 0 Å². The van der Waals surface area contributed by atoms with E-state index in [2.05, 4.69) is 31.2 Å². The van der Waals surface area contributed by atoms with E-state index < -0.39 is 0 Å². The Kier molecular flexibility index (Phi) is 5.37. The van der Waals surface area contributed by atoms with Crippen LogP contribution in [0.3, 0.4) is 0 Å². The van der Waals surface area contributed by atoms with E-state index in [9.17, 15) is 4.79 Å². The van der Waals surface area contributed by atoms with Crippen LogP contribution >= 0.6 is 27.7 Å². The molecule has 0 aliphatic carbocycles. The molecule has 122 valence electrons. The minimum absolute atomic E-state index is 0.0577. The van der Waals surface area contributed by atoms with Crippen LogP contribution in [-0.4, -0.2) is 21.6 Å². The Labute approximate surface area is 153 Å². The topological polar surface area (TPSA) is 57.8 Å². The molecule has 0 atom stereocenters. The molecule has 0 bridgehead atoms. The number of hydrogen-bond acceptors (Lipinski definition) is 3. The number of rotatable bonds is 5. The number of anilines is 1. The average molecular weight is 402 g/mol. The monoisotopic (exact) mass is 401 g/mol. The van der Waals surface area contributed by atoms with Crippen molar-refractivity contribution in [2.75, 3.05) is 11.1 Å². The Morgan fingerprint density at radius 3 is 2.58 bits per heavy atom. The molecule has 2 aromatic carbocycles. The van der Waals surface area contributed by atoms with Gasteiger partial charge in [-0.1, -0.05) is 58.0 Å². The number of halogens is 1. The standard InChI is InChI=1S/C18H16BrN3OS/c1-12-17(13-5-3-2-4-6-13)22-18(20-12)24-11-16(23)21-15-9-7-14(19)8-10-15/h2-10H,11H2,1H3,(H,20,22)(H,21,23). The molecule has 0 aliphatic heterocycles. The molecule has 0 radical (unpaired) electrons. The van der Waals surface area contributed by atoms with Gasteiger partial charge in [-0.3, -0.25) is 4.79 Å². The fraction of sp³-hybridized carbons (Fsp3) is 0.111. The molecule has 0 saturated carbocycles. The number of hydrogen-bond donors (Lipinski definition) is 2. The molecule has 1 amide bonds. The Morgan fingerprint density at radius 1 is 1.17 bits per heavy atom. The van der Waals surface area contributed by atoms with Gasteiger partial charge in [0.25, 0.3) is 0 Å². The smallest absolute Gasteiger partial charge is 0.234 e. The van der Waals surface area contributed by atoms with Gasteiger partial charge < -0.3 is 10.3 Å². The van der Waals surface area contributed by atoms with E-state index >= 15 is 0 Å². The first-order chi connectivity index (χ1) is 11.6. The van der Waals surface area contributed by atoms with Crippen LogP contribution in [0.2, 0.25) is 0 Å². The number of aromatic nitrogens is 2. The zero-order valence-electron chi connectivity index (χ0n) is 13.0. The number of carbonyl (C=O) groups is 1. The van der Waals surface area contributed by atoms with Crippen molar-refractivity contribution in [3.05, 3.63) is 64.8 Å². The van der Waals surface area contributed by atoms with Crippen molar-refractivity contribution in [1.82, 2.24) is 9.97 Å². The molecule has 1 heterocycles. The predicted molar refractivity (Wildman–Crippen MR) is 102 cm³/mol. The highest BCUT2D eigenvalue weighted by Crippen LogP contribution is 2.25. The number of benzene rings is 2. The van der Waals surface area contributed by atoms with Crippen molar-refractivity contribution in [3.63, 3.8) is 0 Å². The Bertz CT molecular complexity index is 831. The van der Waals surface area contributed by atoms with Gasteiger partial charge in [-0.15, -0.1) is 0 Å². The summed E-state index contributed by atoms with van der Waals surface area (Å²) in [6.07, 6.45) is 0. The lowest BCUT2D eigenvalue weighted by atomic mass is 10.1. The Balaban J connectivity index is 1.61. The third-order valence-corrected chi connectivity index (χ3v) is 4.78. The lowest BCUT2D eigenvalue weighted by molar-refractivity contribution is -0.113. The molecule has 3 aromatic rings. The first-order valence-electron chi connectivity index (χ1n) is 7.42. The molecule has 1 aromatic heterocycles. The molecule has 0 saturated heterocycles. The maximum atomic E-state index is 12.0. The summed E-state index contributed by atoms with van der Waals surface area (Å²) >= 11 is 4.76. The number of thioether (sulfide) groups is 1. The minimum Gasteiger partial charge on any atom is -0.337 e. The van der Waals surface area contributed by atoms with E-state index in [4.69, 9.17) is 0 Å². The number of H-pyrrole nitrogens is 1. The van der Waals surface area contributed by atoms with Crippen molar-refractivity contribution in [2.24, 2.45) is 0 Å². The zero-order chi connectivity index (χ0) is 16.9. The van der Waals surface area contributed by atoms with Gasteiger partial charge in [0, 0.05) is 21.4 Å². The SMILES string of the molecule is Cc1[nH]c(SCC(=O)Nc2ccc(Br)cc2)nc1-c1ccccc1.